The molecule has 17 heavy (non-hydrogen) atoms. The van der Waals surface area contributed by atoms with Gasteiger partial charge >= 0.3 is 0 Å². The van der Waals surface area contributed by atoms with Crippen molar-refractivity contribution in [3.63, 3.8) is 0 Å². The van der Waals surface area contributed by atoms with Crippen LogP contribution in [0.25, 0.3) is 22.6 Å². The Morgan fingerprint density at radius 2 is 2.00 bits per heavy atom. The van der Waals surface area contributed by atoms with Gasteiger partial charge in [0.15, 0.2) is 11.2 Å². The lowest BCUT2D eigenvalue weighted by molar-refractivity contribution is 0.839. The van der Waals surface area contributed by atoms with Crippen LogP contribution >= 0.6 is 0 Å². The normalized spacial score (nSPS) is 10.9. The first-order valence-electron chi connectivity index (χ1n) is 5.22. The zero-order chi connectivity index (χ0) is 11.8. The van der Waals surface area contributed by atoms with Crippen molar-refractivity contribution in [2.45, 2.75) is 0 Å². The van der Waals surface area contributed by atoms with Crippen molar-refractivity contribution in [2.24, 2.45) is 7.05 Å². The molecule has 0 aliphatic carbocycles. The van der Waals surface area contributed by atoms with Gasteiger partial charge in [-0.05, 0) is 0 Å². The molecule has 0 aliphatic rings. The third kappa shape index (κ3) is 1.52. The molecule has 5 nitrogen and oxygen atoms in total. The zero-order valence-corrected chi connectivity index (χ0v) is 9.21. The molecule has 5 heteroatoms. The first-order valence-corrected chi connectivity index (χ1v) is 5.22. The van der Waals surface area contributed by atoms with Crippen LogP contribution in [0.5, 0.6) is 0 Å². The lowest BCUT2D eigenvalue weighted by Crippen LogP contribution is -2.16. The summed E-state index contributed by atoms with van der Waals surface area (Å²) in [4.78, 5) is 23.3. The standard InChI is InChI=1S/C12H10N4O/c1-16-7-13-11-9(12(16)17)14-10(15-11)8-5-3-2-4-6-8/h2-7H,1H3,(H,14,15). The van der Waals surface area contributed by atoms with Gasteiger partial charge in [0.05, 0.1) is 6.33 Å². The van der Waals surface area contributed by atoms with E-state index in [1.165, 1.54) is 10.9 Å². The highest BCUT2D eigenvalue weighted by Crippen LogP contribution is 2.16. The van der Waals surface area contributed by atoms with Gasteiger partial charge in [-0.3, -0.25) is 4.79 Å². The van der Waals surface area contributed by atoms with E-state index in [9.17, 15) is 4.79 Å². The predicted octanol–water partition coefficient (Wildman–Crippen LogP) is 1.32. The molecule has 0 spiro atoms. The van der Waals surface area contributed by atoms with Crippen molar-refractivity contribution in [1.82, 2.24) is 19.5 Å². The van der Waals surface area contributed by atoms with E-state index in [1.807, 2.05) is 30.3 Å². The SMILES string of the molecule is Cn1cnc2nc(-c3ccccc3)[nH]c2c1=O. The molecule has 1 aromatic carbocycles. The summed E-state index contributed by atoms with van der Waals surface area (Å²) in [6, 6.07) is 9.65. The van der Waals surface area contributed by atoms with Crippen LogP contribution in [0.4, 0.5) is 0 Å². The van der Waals surface area contributed by atoms with Crippen LogP contribution in [-0.4, -0.2) is 19.5 Å². The molecule has 0 aliphatic heterocycles. The van der Waals surface area contributed by atoms with Gasteiger partial charge in [-0.15, -0.1) is 0 Å². The van der Waals surface area contributed by atoms with Crippen LogP contribution in [0.2, 0.25) is 0 Å². The van der Waals surface area contributed by atoms with Gasteiger partial charge < -0.3 is 9.55 Å². The molecule has 3 rings (SSSR count). The number of nitrogens with zero attached hydrogens (tertiary/aromatic N) is 3. The second kappa shape index (κ2) is 3.55. The predicted molar refractivity (Wildman–Crippen MR) is 64.6 cm³/mol. The summed E-state index contributed by atoms with van der Waals surface area (Å²) in [5.74, 6) is 0.663. The molecule has 0 fully saturated rings. The summed E-state index contributed by atoms with van der Waals surface area (Å²) in [7, 11) is 1.66. The summed E-state index contributed by atoms with van der Waals surface area (Å²) in [6.45, 7) is 0. The van der Waals surface area contributed by atoms with E-state index in [4.69, 9.17) is 0 Å². The maximum atomic E-state index is 11.8. The minimum atomic E-state index is -0.121. The molecular weight excluding hydrogens is 216 g/mol. The average Bonchev–Trinajstić information content (AvgIpc) is 2.80. The van der Waals surface area contributed by atoms with Crippen LogP contribution < -0.4 is 5.56 Å². The number of aryl methyl sites for hydroxylation is 1. The summed E-state index contributed by atoms with van der Waals surface area (Å²) in [5, 5.41) is 0. The van der Waals surface area contributed by atoms with E-state index in [-0.39, 0.29) is 5.56 Å². The van der Waals surface area contributed by atoms with Crippen molar-refractivity contribution in [2.75, 3.05) is 0 Å². The number of nitrogens with one attached hydrogen (secondary N) is 1. The van der Waals surface area contributed by atoms with E-state index in [2.05, 4.69) is 15.0 Å². The Hall–Kier alpha value is -2.43. The smallest absolute Gasteiger partial charge is 0.279 e. The molecule has 0 saturated heterocycles. The number of rotatable bonds is 1. The second-order valence-electron chi connectivity index (χ2n) is 3.81. The van der Waals surface area contributed by atoms with E-state index >= 15 is 0 Å². The Labute approximate surface area is 96.8 Å². The molecule has 0 amide bonds. The van der Waals surface area contributed by atoms with Crippen molar-refractivity contribution in [3.8, 4) is 11.4 Å². The van der Waals surface area contributed by atoms with Crippen LogP contribution in [0.3, 0.4) is 0 Å². The Balaban J connectivity index is 2.28. The third-order valence-electron chi connectivity index (χ3n) is 2.62. The number of hydrogen-bond donors (Lipinski definition) is 1. The molecule has 2 aromatic heterocycles. The summed E-state index contributed by atoms with van der Waals surface area (Å²) in [5.41, 5.74) is 1.71. The van der Waals surface area contributed by atoms with Gasteiger partial charge in [0, 0.05) is 12.6 Å². The fraction of sp³-hybridized carbons (Fsp3) is 0.0833. The minimum Gasteiger partial charge on any atom is -0.332 e. The molecule has 1 N–H and O–H groups in total. The Morgan fingerprint density at radius 3 is 2.76 bits per heavy atom. The number of aromatic nitrogens is 4. The summed E-state index contributed by atoms with van der Waals surface area (Å²) < 4.78 is 1.43. The van der Waals surface area contributed by atoms with Gasteiger partial charge in [0.2, 0.25) is 0 Å². The minimum absolute atomic E-state index is 0.121. The van der Waals surface area contributed by atoms with Crippen molar-refractivity contribution >= 4 is 11.2 Å². The highest BCUT2D eigenvalue weighted by molar-refractivity contribution is 5.74. The number of fused-ring (bicyclic) bond motifs is 1. The maximum absolute atomic E-state index is 11.8. The number of benzene rings is 1. The van der Waals surface area contributed by atoms with Crippen LogP contribution in [-0.2, 0) is 7.05 Å². The lowest BCUT2D eigenvalue weighted by Gasteiger charge is -1.93. The number of H-pyrrole nitrogens is 1. The highest BCUT2D eigenvalue weighted by atomic mass is 16.1. The quantitative estimate of drug-likeness (QED) is 0.680. The monoisotopic (exact) mass is 226 g/mol. The first-order chi connectivity index (χ1) is 8.25. The second-order valence-corrected chi connectivity index (χ2v) is 3.81. The molecular formula is C12H10N4O. The number of imidazole rings is 1. The van der Waals surface area contributed by atoms with Crippen molar-refractivity contribution < 1.29 is 0 Å². The van der Waals surface area contributed by atoms with Crippen LogP contribution in [0.1, 0.15) is 0 Å². The number of aromatic amines is 1. The Bertz CT molecular complexity index is 727. The van der Waals surface area contributed by atoms with Gasteiger partial charge in [-0.2, -0.15) is 0 Å². The summed E-state index contributed by atoms with van der Waals surface area (Å²) in [6.07, 6.45) is 1.47. The molecule has 0 unspecified atom stereocenters. The molecule has 0 saturated carbocycles. The van der Waals surface area contributed by atoms with Crippen LogP contribution in [0.15, 0.2) is 41.5 Å². The number of hydrogen-bond acceptors (Lipinski definition) is 3. The topological polar surface area (TPSA) is 63.6 Å². The molecule has 2 heterocycles. The van der Waals surface area contributed by atoms with E-state index in [0.29, 0.717) is 17.0 Å². The Morgan fingerprint density at radius 1 is 1.24 bits per heavy atom. The zero-order valence-electron chi connectivity index (χ0n) is 9.21. The van der Waals surface area contributed by atoms with Crippen LogP contribution in [0, 0.1) is 0 Å². The van der Waals surface area contributed by atoms with E-state index in [1.54, 1.807) is 7.05 Å². The van der Waals surface area contributed by atoms with E-state index < -0.39 is 0 Å². The highest BCUT2D eigenvalue weighted by Gasteiger charge is 2.09. The summed E-state index contributed by atoms with van der Waals surface area (Å²) >= 11 is 0. The Kier molecular flexibility index (Phi) is 2.04. The maximum Gasteiger partial charge on any atom is 0.279 e. The lowest BCUT2D eigenvalue weighted by atomic mass is 10.2. The van der Waals surface area contributed by atoms with E-state index in [0.717, 1.165) is 5.56 Å². The largest absolute Gasteiger partial charge is 0.332 e. The molecule has 0 radical (unpaired) electrons. The van der Waals surface area contributed by atoms with Gasteiger partial charge in [0.1, 0.15) is 5.82 Å². The van der Waals surface area contributed by atoms with Crippen molar-refractivity contribution in [1.29, 1.82) is 0 Å². The van der Waals surface area contributed by atoms with Gasteiger partial charge in [-0.1, -0.05) is 30.3 Å². The molecule has 0 bridgehead atoms. The average molecular weight is 226 g/mol. The fourth-order valence-electron chi connectivity index (χ4n) is 1.71. The first kappa shape index (κ1) is 9.77. The fourth-order valence-corrected chi connectivity index (χ4v) is 1.71. The third-order valence-corrected chi connectivity index (χ3v) is 2.62. The molecule has 84 valence electrons. The molecule has 0 atom stereocenters. The van der Waals surface area contributed by atoms with Gasteiger partial charge in [-0.25, -0.2) is 9.97 Å². The molecule has 3 aromatic rings. The van der Waals surface area contributed by atoms with Gasteiger partial charge in [0.25, 0.3) is 5.56 Å². The van der Waals surface area contributed by atoms with Crippen molar-refractivity contribution in [3.05, 3.63) is 47.0 Å².